The van der Waals surface area contributed by atoms with Gasteiger partial charge in [0.1, 0.15) is 0 Å². The highest BCUT2D eigenvalue weighted by Crippen LogP contribution is 2.37. The van der Waals surface area contributed by atoms with Crippen LogP contribution in [0.4, 0.5) is 10.5 Å². The zero-order chi connectivity index (χ0) is 19.5. The summed E-state index contributed by atoms with van der Waals surface area (Å²) in [6.45, 7) is 0. The summed E-state index contributed by atoms with van der Waals surface area (Å²) in [4.78, 5) is 23.9. The second-order valence-corrected chi connectivity index (χ2v) is 6.93. The van der Waals surface area contributed by atoms with Crippen molar-refractivity contribution in [2.75, 3.05) is 5.32 Å². The van der Waals surface area contributed by atoms with E-state index >= 15 is 0 Å². The number of hydrogen-bond acceptors (Lipinski definition) is 2. The molecule has 0 aromatic heterocycles. The Balaban J connectivity index is 1.48. The number of nitrogens with one attached hydrogen (secondary N) is 2. The van der Waals surface area contributed by atoms with Crippen LogP contribution in [0.15, 0.2) is 72.8 Å². The molecule has 1 unspecified atom stereocenters. The number of rotatable bonds is 5. The molecule has 4 rings (SSSR count). The van der Waals surface area contributed by atoms with E-state index in [9.17, 15) is 9.59 Å². The van der Waals surface area contributed by atoms with Crippen molar-refractivity contribution < 1.29 is 9.59 Å². The van der Waals surface area contributed by atoms with Crippen molar-refractivity contribution in [2.24, 2.45) is 5.73 Å². The smallest absolute Gasteiger partial charge is 0.312 e. The average Bonchev–Trinajstić information content (AvgIpc) is 3.05. The Bertz CT molecular complexity index is 1030. The summed E-state index contributed by atoms with van der Waals surface area (Å²) in [7, 11) is 0. The van der Waals surface area contributed by atoms with E-state index in [0.29, 0.717) is 0 Å². The van der Waals surface area contributed by atoms with Crippen molar-refractivity contribution in [1.29, 1.82) is 0 Å². The monoisotopic (exact) mass is 371 g/mol. The van der Waals surface area contributed by atoms with E-state index in [1.807, 2.05) is 60.7 Å². The van der Waals surface area contributed by atoms with E-state index in [1.54, 1.807) is 0 Å². The molecule has 4 N–H and O–H groups in total. The highest BCUT2D eigenvalue weighted by atomic mass is 16.2. The molecule has 3 aromatic rings. The molecule has 0 fully saturated rings. The van der Waals surface area contributed by atoms with E-state index in [0.717, 1.165) is 17.7 Å². The highest BCUT2D eigenvalue weighted by Gasteiger charge is 2.20. The van der Waals surface area contributed by atoms with Gasteiger partial charge in [0, 0.05) is 5.69 Å². The van der Waals surface area contributed by atoms with Gasteiger partial charge in [-0.25, -0.2) is 4.79 Å². The minimum absolute atomic E-state index is 0.101. The quantitative estimate of drug-likeness (QED) is 0.495. The molecule has 1 atom stereocenters. The third kappa shape index (κ3) is 3.74. The molecule has 1 aliphatic carbocycles. The summed E-state index contributed by atoms with van der Waals surface area (Å²) in [6.07, 6.45) is 0.968. The zero-order valence-corrected chi connectivity index (χ0v) is 15.3. The molecule has 140 valence electrons. The number of benzene rings is 3. The second-order valence-electron chi connectivity index (χ2n) is 6.93. The Kier molecular flexibility index (Phi) is 4.81. The Morgan fingerprint density at radius 3 is 2.39 bits per heavy atom. The van der Waals surface area contributed by atoms with Gasteiger partial charge in [-0.3, -0.25) is 4.79 Å². The van der Waals surface area contributed by atoms with Crippen LogP contribution < -0.4 is 16.4 Å². The molecule has 3 aromatic carbocycles. The van der Waals surface area contributed by atoms with Crippen LogP contribution in [-0.4, -0.2) is 11.9 Å². The van der Waals surface area contributed by atoms with Gasteiger partial charge in [0.05, 0.1) is 12.5 Å². The van der Waals surface area contributed by atoms with E-state index < -0.39 is 12.1 Å². The van der Waals surface area contributed by atoms with E-state index in [1.165, 1.54) is 22.3 Å². The van der Waals surface area contributed by atoms with Gasteiger partial charge in [-0.1, -0.05) is 60.7 Å². The third-order valence-corrected chi connectivity index (χ3v) is 4.99. The standard InChI is InChI=1S/C23H21N3O2/c24-23(28)26-21(15-6-2-1-3-7-15)14-22(27)25-18-10-11-20-17(13-18)12-16-8-4-5-9-19(16)20/h1-11,13,21H,12,14H2,(H,25,27)(H3,24,26,28). The van der Waals surface area contributed by atoms with Crippen molar-refractivity contribution in [2.45, 2.75) is 18.9 Å². The molecule has 5 nitrogen and oxygen atoms in total. The summed E-state index contributed by atoms with van der Waals surface area (Å²) in [5, 5.41) is 5.59. The van der Waals surface area contributed by atoms with Crippen molar-refractivity contribution in [1.82, 2.24) is 5.32 Å². The number of anilines is 1. The van der Waals surface area contributed by atoms with Gasteiger partial charge in [-0.15, -0.1) is 0 Å². The average molecular weight is 371 g/mol. The molecule has 3 amide bonds. The normalized spacial score (nSPS) is 12.6. The van der Waals surface area contributed by atoms with Gasteiger partial charge in [0.15, 0.2) is 0 Å². The highest BCUT2D eigenvalue weighted by molar-refractivity contribution is 5.92. The van der Waals surface area contributed by atoms with E-state index in [2.05, 4.69) is 22.8 Å². The Morgan fingerprint density at radius 2 is 1.61 bits per heavy atom. The van der Waals surface area contributed by atoms with Crippen molar-refractivity contribution in [3.63, 3.8) is 0 Å². The molecular weight excluding hydrogens is 350 g/mol. The lowest BCUT2D eigenvalue weighted by Crippen LogP contribution is -2.35. The second kappa shape index (κ2) is 7.56. The molecule has 0 aliphatic heterocycles. The number of urea groups is 1. The van der Waals surface area contributed by atoms with E-state index in [-0.39, 0.29) is 12.3 Å². The zero-order valence-electron chi connectivity index (χ0n) is 15.3. The fourth-order valence-corrected chi connectivity index (χ4v) is 3.73. The largest absolute Gasteiger partial charge is 0.352 e. The van der Waals surface area contributed by atoms with Gasteiger partial charge in [-0.2, -0.15) is 0 Å². The van der Waals surface area contributed by atoms with Gasteiger partial charge < -0.3 is 16.4 Å². The van der Waals surface area contributed by atoms with Gasteiger partial charge >= 0.3 is 6.03 Å². The SMILES string of the molecule is NC(=O)NC(CC(=O)Nc1ccc2c(c1)Cc1ccccc1-2)c1ccccc1. The number of primary amides is 1. The number of fused-ring (bicyclic) bond motifs is 3. The maximum atomic E-state index is 12.6. The minimum Gasteiger partial charge on any atom is -0.352 e. The number of carbonyl (C=O) groups is 2. The summed E-state index contributed by atoms with van der Waals surface area (Å²) < 4.78 is 0. The van der Waals surface area contributed by atoms with Crippen LogP contribution in [0.2, 0.25) is 0 Å². The van der Waals surface area contributed by atoms with Gasteiger partial charge in [0.25, 0.3) is 0 Å². The van der Waals surface area contributed by atoms with Crippen LogP contribution in [0.5, 0.6) is 0 Å². The Hall–Kier alpha value is -3.60. The van der Waals surface area contributed by atoms with E-state index in [4.69, 9.17) is 5.73 Å². The molecule has 28 heavy (non-hydrogen) atoms. The van der Waals surface area contributed by atoms with Gasteiger partial charge in [-0.05, 0) is 46.4 Å². The first-order chi connectivity index (χ1) is 13.6. The molecule has 1 aliphatic rings. The van der Waals surface area contributed by atoms with Crippen LogP contribution in [0.3, 0.4) is 0 Å². The van der Waals surface area contributed by atoms with Crippen molar-refractivity contribution >= 4 is 17.6 Å². The third-order valence-electron chi connectivity index (χ3n) is 4.99. The van der Waals surface area contributed by atoms with Crippen LogP contribution >= 0.6 is 0 Å². The maximum Gasteiger partial charge on any atom is 0.312 e. The van der Waals surface area contributed by atoms with Crippen LogP contribution in [0, 0.1) is 0 Å². The number of carbonyl (C=O) groups excluding carboxylic acids is 2. The Morgan fingerprint density at radius 1 is 0.893 bits per heavy atom. The summed E-state index contributed by atoms with van der Waals surface area (Å²) in [5.41, 5.74) is 11.8. The van der Waals surface area contributed by atoms with Crippen LogP contribution in [0.1, 0.15) is 29.2 Å². The lowest BCUT2D eigenvalue weighted by Gasteiger charge is -2.18. The molecule has 0 spiro atoms. The predicted molar refractivity (Wildman–Crippen MR) is 110 cm³/mol. The van der Waals surface area contributed by atoms with Crippen molar-refractivity contribution in [3.05, 3.63) is 89.5 Å². The maximum absolute atomic E-state index is 12.6. The fraction of sp³-hybridized carbons (Fsp3) is 0.130. The number of nitrogens with two attached hydrogens (primary N) is 1. The van der Waals surface area contributed by atoms with Crippen molar-refractivity contribution in [3.8, 4) is 11.1 Å². The predicted octanol–water partition coefficient (Wildman–Crippen LogP) is 4.00. The molecule has 0 heterocycles. The molecular formula is C23H21N3O2. The summed E-state index contributed by atoms with van der Waals surface area (Å²) in [5.74, 6) is -0.182. The molecule has 5 heteroatoms. The number of amides is 3. The molecule has 0 bridgehead atoms. The topological polar surface area (TPSA) is 84.2 Å². The minimum atomic E-state index is -0.656. The van der Waals surface area contributed by atoms with Crippen LogP contribution in [0.25, 0.3) is 11.1 Å². The summed E-state index contributed by atoms with van der Waals surface area (Å²) in [6, 6.07) is 22.5. The Labute approximate surface area is 163 Å². The van der Waals surface area contributed by atoms with Crippen LogP contribution in [-0.2, 0) is 11.2 Å². The molecule has 0 saturated carbocycles. The summed E-state index contributed by atoms with van der Waals surface area (Å²) >= 11 is 0. The first-order valence-corrected chi connectivity index (χ1v) is 9.22. The first kappa shape index (κ1) is 17.8. The van der Waals surface area contributed by atoms with Gasteiger partial charge in [0.2, 0.25) is 5.91 Å². The lowest BCUT2D eigenvalue weighted by atomic mass is 10.0. The lowest BCUT2D eigenvalue weighted by molar-refractivity contribution is -0.116. The fourth-order valence-electron chi connectivity index (χ4n) is 3.73. The molecule has 0 saturated heterocycles. The first-order valence-electron chi connectivity index (χ1n) is 9.22. The number of hydrogen-bond donors (Lipinski definition) is 3. The molecule has 0 radical (unpaired) electrons.